The van der Waals surface area contributed by atoms with E-state index in [1.54, 1.807) is 23.1 Å². The third-order valence-corrected chi connectivity index (χ3v) is 5.73. The summed E-state index contributed by atoms with van der Waals surface area (Å²) >= 11 is 0. The second kappa shape index (κ2) is 8.42. The minimum Gasteiger partial charge on any atom is -0.438 e. The molecule has 0 spiro atoms. The lowest BCUT2D eigenvalue weighted by atomic mass is 10.0. The molecule has 0 aliphatic carbocycles. The molecule has 0 radical (unpaired) electrons. The zero-order chi connectivity index (χ0) is 22.1. The van der Waals surface area contributed by atoms with Gasteiger partial charge in [-0.1, -0.05) is 36.4 Å². The van der Waals surface area contributed by atoms with Gasteiger partial charge in [0.1, 0.15) is 23.2 Å². The maximum atomic E-state index is 14.2. The average Bonchev–Trinajstić information content (AvgIpc) is 3.44. The van der Waals surface area contributed by atoms with E-state index in [4.69, 9.17) is 4.42 Å². The predicted octanol–water partition coefficient (Wildman–Crippen LogP) is 5.82. The van der Waals surface area contributed by atoms with Gasteiger partial charge in [-0.25, -0.2) is 18.6 Å². The van der Waals surface area contributed by atoms with Gasteiger partial charge in [0.15, 0.2) is 5.58 Å². The van der Waals surface area contributed by atoms with Crippen LogP contribution in [-0.4, -0.2) is 22.5 Å². The molecule has 1 fully saturated rings. The van der Waals surface area contributed by atoms with Crippen LogP contribution in [0.4, 0.5) is 13.6 Å². The van der Waals surface area contributed by atoms with Crippen LogP contribution in [0.1, 0.15) is 30.3 Å². The molecule has 162 valence electrons. The largest absolute Gasteiger partial charge is 0.438 e. The number of nitrogens with zero attached hydrogens (tertiary/aromatic N) is 2. The van der Waals surface area contributed by atoms with Gasteiger partial charge in [0.05, 0.1) is 0 Å². The summed E-state index contributed by atoms with van der Waals surface area (Å²) in [7, 11) is 0. The van der Waals surface area contributed by atoms with E-state index in [1.165, 1.54) is 12.1 Å². The fourth-order valence-electron chi connectivity index (χ4n) is 4.12. The van der Waals surface area contributed by atoms with Crippen molar-refractivity contribution >= 4 is 17.1 Å². The minimum absolute atomic E-state index is 0.160. The molecule has 5 nitrogen and oxygen atoms in total. The first-order valence-electron chi connectivity index (χ1n) is 10.5. The van der Waals surface area contributed by atoms with Crippen LogP contribution in [0.5, 0.6) is 0 Å². The van der Waals surface area contributed by atoms with Gasteiger partial charge in [0.25, 0.3) is 0 Å². The lowest BCUT2D eigenvalue weighted by Crippen LogP contribution is -2.39. The molecule has 1 atom stereocenters. The summed E-state index contributed by atoms with van der Waals surface area (Å²) in [5.74, 6) is -0.794. The number of oxazole rings is 1. The number of hydrogen-bond donors (Lipinski definition) is 1. The second-order valence-electron chi connectivity index (χ2n) is 7.85. The van der Waals surface area contributed by atoms with Crippen LogP contribution in [-0.2, 0) is 6.54 Å². The first-order chi connectivity index (χ1) is 15.6. The summed E-state index contributed by atoms with van der Waals surface area (Å²) < 4.78 is 33.4. The lowest BCUT2D eigenvalue weighted by molar-refractivity contribution is 0.184. The van der Waals surface area contributed by atoms with Gasteiger partial charge in [0, 0.05) is 24.7 Å². The molecule has 1 aromatic heterocycles. The number of amides is 2. The molecule has 1 aliphatic heterocycles. The van der Waals surface area contributed by atoms with Crippen molar-refractivity contribution in [2.75, 3.05) is 6.54 Å². The number of fused-ring (bicyclic) bond motifs is 1. The molecule has 7 heteroatoms. The van der Waals surface area contributed by atoms with Crippen molar-refractivity contribution in [1.82, 2.24) is 15.2 Å². The molecule has 4 aromatic rings. The highest BCUT2D eigenvalue weighted by Crippen LogP contribution is 2.34. The van der Waals surface area contributed by atoms with Crippen LogP contribution in [0.3, 0.4) is 0 Å². The number of hydrogen-bond acceptors (Lipinski definition) is 3. The van der Waals surface area contributed by atoms with Gasteiger partial charge in [0.2, 0.25) is 5.89 Å². The number of rotatable bonds is 4. The maximum absolute atomic E-state index is 14.2. The summed E-state index contributed by atoms with van der Waals surface area (Å²) in [6, 6.07) is 18.0. The standard InChI is InChI=1S/C25H21F2N3O2/c26-18-9-10-19(20(27)14-18)17-8-11-23-21(13-17)29-24(32-23)22-7-4-12-30(22)25(31)28-15-16-5-2-1-3-6-16/h1-3,5-6,8-11,13-14,22H,4,7,12,15H2,(H,28,31)/t22-/m0/s1. The molecule has 5 rings (SSSR count). The molecule has 1 saturated heterocycles. The van der Waals surface area contributed by atoms with Crippen molar-refractivity contribution in [3.05, 3.63) is 89.8 Å². The zero-order valence-corrected chi connectivity index (χ0v) is 17.2. The molecule has 0 saturated carbocycles. The maximum Gasteiger partial charge on any atom is 0.318 e. The smallest absolute Gasteiger partial charge is 0.318 e. The van der Waals surface area contributed by atoms with Crippen molar-refractivity contribution in [2.24, 2.45) is 0 Å². The number of aromatic nitrogens is 1. The fourth-order valence-corrected chi connectivity index (χ4v) is 4.12. The predicted molar refractivity (Wildman–Crippen MR) is 117 cm³/mol. The van der Waals surface area contributed by atoms with Gasteiger partial charge in [-0.2, -0.15) is 0 Å². The normalized spacial score (nSPS) is 15.9. The molecule has 2 heterocycles. The van der Waals surface area contributed by atoms with Crippen LogP contribution >= 0.6 is 0 Å². The Hall–Kier alpha value is -3.74. The Bertz CT molecular complexity index is 1270. The summed E-state index contributed by atoms with van der Waals surface area (Å²) in [6.45, 7) is 1.07. The Balaban J connectivity index is 1.37. The molecule has 0 unspecified atom stereocenters. The number of halogens is 2. The number of carbonyl (C=O) groups excluding carboxylic acids is 1. The van der Waals surface area contributed by atoms with E-state index in [0.717, 1.165) is 24.5 Å². The van der Waals surface area contributed by atoms with Gasteiger partial charge < -0.3 is 14.6 Å². The van der Waals surface area contributed by atoms with E-state index < -0.39 is 11.6 Å². The van der Waals surface area contributed by atoms with E-state index >= 15 is 0 Å². The third kappa shape index (κ3) is 3.93. The van der Waals surface area contributed by atoms with Gasteiger partial charge in [-0.15, -0.1) is 0 Å². The molecular weight excluding hydrogens is 412 g/mol. The van der Waals surface area contributed by atoms with Crippen molar-refractivity contribution in [3.63, 3.8) is 0 Å². The fraction of sp³-hybridized carbons (Fsp3) is 0.200. The highest BCUT2D eigenvalue weighted by Gasteiger charge is 2.33. The highest BCUT2D eigenvalue weighted by molar-refractivity contribution is 5.81. The summed E-state index contributed by atoms with van der Waals surface area (Å²) in [4.78, 5) is 19.1. The van der Waals surface area contributed by atoms with Crippen molar-refractivity contribution < 1.29 is 18.0 Å². The van der Waals surface area contributed by atoms with E-state index in [0.29, 0.717) is 41.2 Å². The molecular formula is C25H21F2N3O2. The first kappa shape index (κ1) is 20.2. The topological polar surface area (TPSA) is 58.4 Å². The molecule has 2 amide bonds. The number of nitrogens with one attached hydrogen (secondary N) is 1. The van der Waals surface area contributed by atoms with Crippen LogP contribution in [0.25, 0.3) is 22.2 Å². The molecule has 1 aliphatic rings. The molecule has 32 heavy (non-hydrogen) atoms. The number of likely N-dealkylation sites (tertiary alicyclic amines) is 1. The molecule has 0 bridgehead atoms. The van der Waals surface area contributed by atoms with Gasteiger partial charge in [-0.3, -0.25) is 0 Å². The number of carbonyl (C=O) groups is 1. The van der Waals surface area contributed by atoms with Crippen LogP contribution in [0, 0.1) is 11.6 Å². The Morgan fingerprint density at radius 2 is 1.94 bits per heavy atom. The van der Waals surface area contributed by atoms with Crippen LogP contribution < -0.4 is 5.32 Å². The zero-order valence-electron chi connectivity index (χ0n) is 17.2. The number of urea groups is 1. The first-order valence-corrected chi connectivity index (χ1v) is 10.5. The summed E-state index contributed by atoms with van der Waals surface area (Å²) in [5, 5.41) is 2.96. The van der Waals surface area contributed by atoms with Crippen LogP contribution in [0.2, 0.25) is 0 Å². The Kier molecular flexibility index (Phi) is 5.31. The monoisotopic (exact) mass is 433 g/mol. The number of benzene rings is 3. The molecule has 1 N–H and O–H groups in total. The van der Waals surface area contributed by atoms with Gasteiger partial charge in [-0.05, 0) is 48.2 Å². The Morgan fingerprint density at radius 1 is 1.09 bits per heavy atom. The van der Waals surface area contributed by atoms with Crippen molar-refractivity contribution in [2.45, 2.75) is 25.4 Å². The van der Waals surface area contributed by atoms with Gasteiger partial charge >= 0.3 is 6.03 Å². The van der Waals surface area contributed by atoms with E-state index in [-0.39, 0.29) is 12.1 Å². The van der Waals surface area contributed by atoms with Crippen LogP contribution in [0.15, 0.2) is 71.1 Å². The lowest BCUT2D eigenvalue weighted by Gasteiger charge is -2.22. The minimum atomic E-state index is -0.634. The Morgan fingerprint density at radius 3 is 2.75 bits per heavy atom. The average molecular weight is 433 g/mol. The summed E-state index contributed by atoms with van der Waals surface area (Å²) in [6.07, 6.45) is 1.61. The van der Waals surface area contributed by atoms with E-state index in [1.807, 2.05) is 30.3 Å². The van der Waals surface area contributed by atoms with E-state index in [9.17, 15) is 13.6 Å². The molecule has 3 aromatic carbocycles. The Labute approximate surface area is 183 Å². The summed E-state index contributed by atoms with van der Waals surface area (Å²) in [5.41, 5.74) is 3.03. The SMILES string of the molecule is O=C(NCc1ccccc1)N1CCC[C@H]1c1nc2cc(-c3ccc(F)cc3F)ccc2o1. The quantitative estimate of drug-likeness (QED) is 0.441. The van der Waals surface area contributed by atoms with Crippen molar-refractivity contribution in [3.8, 4) is 11.1 Å². The van der Waals surface area contributed by atoms with E-state index in [2.05, 4.69) is 10.3 Å². The van der Waals surface area contributed by atoms with Crippen molar-refractivity contribution in [1.29, 1.82) is 0 Å². The second-order valence-corrected chi connectivity index (χ2v) is 7.85. The third-order valence-electron chi connectivity index (χ3n) is 5.73. The highest BCUT2D eigenvalue weighted by atomic mass is 19.1.